The monoisotopic (exact) mass is 247 g/mol. The molecule has 0 atom stereocenters. The summed E-state index contributed by atoms with van der Waals surface area (Å²) in [5.74, 6) is 0. The van der Waals surface area contributed by atoms with Crippen molar-refractivity contribution in [2.24, 2.45) is 5.14 Å². The van der Waals surface area contributed by atoms with Crippen LogP contribution in [0.15, 0.2) is 11.0 Å². The Morgan fingerprint density at radius 2 is 2.12 bits per heavy atom. The highest BCUT2D eigenvalue weighted by molar-refractivity contribution is 7.89. The molecule has 0 aliphatic rings. The number of nitrogens with two attached hydrogens (primary N) is 1. The van der Waals surface area contributed by atoms with Gasteiger partial charge in [-0.05, 0) is 18.6 Å². The van der Waals surface area contributed by atoms with Gasteiger partial charge in [0.05, 0.1) is 0 Å². The van der Waals surface area contributed by atoms with E-state index in [0.717, 1.165) is 6.07 Å². The standard InChI is InChI=1S/C8H7F2N3O2S/c1-4-2-5(3-11)13-6(8(9)10)7(4)16(12,14)15/h2,8H,1H3,(H2,12,14,15). The molecule has 2 N–H and O–H groups in total. The number of hydrogen-bond donors (Lipinski definition) is 1. The number of nitriles is 1. The van der Waals surface area contributed by atoms with Crippen molar-refractivity contribution in [2.75, 3.05) is 0 Å². The van der Waals surface area contributed by atoms with Crippen LogP contribution in [0.25, 0.3) is 0 Å². The molecular formula is C8H7F2N3O2S. The maximum absolute atomic E-state index is 12.6. The molecule has 0 unspecified atom stereocenters. The van der Waals surface area contributed by atoms with E-state index in [1.165, 1.54) is 6.92 Å². The molecule has 0 radical (unpaired) electrons. The maximum Gasteiger partial charge on any atom is 0.281 e. The third-order valence-electron chi connectivity index (χ3n) is 1.79. The lowest BCUT2D eigenvalue weighted by atomic mass is 10.2. The summed E-state index contributed by atoms with van der Waals surface area (Å²) in [6.07, 6.45) is -3.11. The van der Waals surface area contributed by atoms with Gasteiger partial charge in [0.1, 0.15) is 22.4 Å². The number of sulfonamides is 1. The highest BCUT2D eigenvalue weighted by atomic mass is 32.2. The second kappa shape index (κ2) is 4.11. The van der Waals surface area contributed by atoms with E-state index in [1.54, 1.807) is 6.07 Å². The minimum atomic E-state index is -4.29. The first kappa shape index (κ1) is 12.5. The molecule has 1 aromatic rings. The van der Waals surface area contributed by atoms with Crippen molar-refractivity contribution < 1.29 is 17.2 Å². The summed E-state index contributed by atoms with van der Waals surface area (Å²) in [7, 11) is -4.29. The second-order valence-corrected chi connectivity index (χ2v) is 4.49. The summed E-state index contributed by atoms with van der Waals surface area (Å²) >= 11 is 0. The average molecular weight is 247 g/mol. The fraction of sp³-hybridized carbons (Fsp3) is 0.250. The van der Waals surface area contributed by atoms with E-state index in [9.17, 15) is 17.2 Å². The number of hydrogen-bond acceptors (Lipinski definition) is 4. The Hall–Kier alpha value is -1.59. The van der Waals surface area contributed by atoms with Crippen LogP contribution in [-0.4, -0.2) is 13.4 Å². The number of primary sulfonamides is 1. The first-order valence-corrected chi connectivity index (χ1v) is 5.54. The number of aromatic nitrogens is 1. The Balaban J connectivity index is 3.68. The summed E-state index contributed by atoms with van der Waals surface area (Å²) in [6, 6.07) is 2.65. The molecule has 8 heteroatoms. The van der Waals surface area contributed by atoms with E-state index in [4.69, 9.17) is 10.4 Å². The van der Waals surface area contributed by atoms with Gasteiger partial charge in [0, 0.05) is 0 Å². The lowest BCUT2D eigenvalue weighted by Gasteiger charge is -2.09. The molecule has 0 bridgehead atoms. The summed E-state index contributed by atoms with van der Waals surface area (Å²) in [4.78, 5) is 2.53. The van der Waals surface area contributed by atoms with E-state index in [0.29, 0.717) is 0 Å². The lowest BCUT2D eigenvalue weighted by molar-refractivity contribution is 0.142. The number of alkyl halides is 2. The summed E-state index contributed by atoms with van der Waals surface area (Å²) in [5, 5.41) is 13.3. The van der Waals surface area contributed by atoms with Crippen molar-refractivity contribution in [3.05, 3.63) is 23.0 Å². The fourth-order valence-corrected chi connectivity index (χ4v) is 2.19. The Labute approximate surface area is 90.6 Å². The number of pyridine rings is 1. The number of rotatable bonds is 2. The minimum absolute atomic E-state index is 0.0237. The van der Waals surface area contributed by atoms with Crippen molar-refractivity contribution in [1.82, 2.24) is 4.98 Å². The molecule has 5 nitrogen and oxygen atoms in total. The zero-order chi connectivity index (χ0) is 12.5. The third kappa shape index (κ3) is 2.32. The van der Waals surface area contributed by atoms with Gasteiger partial charge in [-0.1, -0.05) is 0 Å². The fourth-order valence-electron chi connectivity index (χ4n) is 1.26. The molecular weight excluding hydrogens is 240 g/mol. The van der Waals surface area contributed by atoms with Gasteiger partial charge >= 0.3 is 0 Å². The molecule has 16 heavy (non-hydrogen) atoms. The van der Waals surface area contributed by atoms with Crippen molar-refractivity contribution in [2.45, 2.75) is 18.2 Å². The molecule has 0 saturated heterocycles. The highest BCUT2D eigenvalue weighted by Gasteiger charge is 2.25. The quantitative estimate of drug-likeness (QED) is 0.837. The van der Waals surface area contributed by atoms with E-state index >= 15 is 0 Å². The zero-order valence-electron chi connectivity index (χ0n) is 8.11. The lowest BCUT2D eigenvalue weighted by Crippen LogP contribution is -2.18. The average Bonchev–Trinajstić information content (AvgIpc) is 2.14. The van der Waals surface area contributed by atoms with Crippen molar-refractivity contribution in [3.63, 3.8) is 0 Å². The van der Waals surface area contributed by atoms with Crippen molar-refractivity contribution in [3.8, 4) is 6.07 Å². The first-order valence-electron chi connectivity index (χ1n) is 4.00. The molecule has 0 amide bonds. The van der Waals surface area contributed by atoms with Gasteiger partial charge in [0.25, 0.3) is 6.43 Å². The van der Waals surface area contributed by atoms with Crippen LogP contribution in [0.4, 0.5) is 8.78 Å². The van der Waals surface area contributed by atoms with Crippen LogP contribution in [0.1, 0.15) is 23.4 Å². The second-order valence-electron chi connectivity index (χ2n) is 3.00. The van der Waals surface area contributed by atoms with Gasteiger partial charge in [-0.15, -0.1) is 0 Å². The largest absolute Gasteiger partial charge is 0.281 e. The van der Waals surface area contributed by atoms with E-state index in [2.05, 4.69) is 4.98 Å². The molecule has 0 aromatic carbocycles. The normalized spacial score (nSPS) is 11.5. The van der Waals surface area contributed by atoms with Crippen LogP contribution in [-0.2, 0) is 10.0 Å². The molecule has 0 saturated carbocycles. The highest BCUT2D eigenvalue weighted by Crippen LogP contribution is 2.26. The Morgan fingerprint density at radius 3 is 2.50 bits per heavy atom. The number of aryl methyl sites for hydroxylation is 1. The van der Waals surface area contributed by atoms with Gasteiger partial charge in [0.15, 0.2) is 0 Å². The molecule has 86 valence electrons. The van der Waals surface area contributed by atoms with E-state index < -0.39 is 27.0 Å². The van der Waals surface area contributed by atoms with Crippen LogP contribution >= 0.6 is 0 Å². The Bertz CT molecular complexity index is 563. The molecule has 0 fully saturated rings. The SMILES string of the molecule is Cc1cc(C#N)nc(C(F)F)c1S(N)(=O)=O. The molecule has 0 spiro atoms. The van der Waals surface area contributed by atoms with Gasteiger partial charge in [-0.25, -0.2) is 27.3 Å². The number of nitrogens with zero attached hydrogens (tertiary/aromatic N) is 2. The Kier molecular flexibility index (Phi) is 3.21. The number of halogens is 2. The van der Waals surface area contributed by atoms with Crippen LogP contribution in [0.3, 0.4) is 0 Å². The predicted molar refractivity (Wildman–Crippen MR) is 50.0 cm³/mol. The van der Waals surface area contributed by atoms with Crippen LogP contribution in [0.2, 0.25) is 0 Å². The van der Waals surface area contributed by atoms with Gasteiger partial charge in [0.2, 0.25) is 10.0 Å². The van der Waals surface area contributed by atoms with Crippen LogP contribution in [0, 0.1) is 18.3 Å². The predicted octanol–water partition coefficient (Wildman–Crippen LogP) is 0.847. The summed E-state index contributed by atoms with van der Waals surface area (Å²) in [5.41, 5.74) is -1.29. The zero-order valence-corrected chi connectivity index (χ0v) is 8.92. The summed E-state index contributed by atoms with van der Waals surface area (Å²) in [6.45, 7) is 1.27. The molecule has 0 aliphatic carbocycles. The topological polar surface area (TPSA) is 96.8 Å². The molecule has 1 aromatic heterocycles. The Morgan fingerprint density at radius 1 is 1.56 bits per heavy atom. The van der Waals surface area contributed by atoms with E-state index in [1.807, 2.05) is 0 Å². The smallest absolute Gasteiger partial charge is 0.235 e. The molecule has 1 heterocycles. The van der Waals surface area contributed by atoms with Crippen LogP contribution < -0.4 is 5.14 Å². The summed E-state index contributed by atoms with van der Waals surface area (Å²) < 4.78 is 47.3. The third-order valence-corrected chi connectivity index (χ3v) is 2.89. The van der Waals surface area contributed by atoms with Crippen molar-refractivity contribution >= 4 is 10.0 Å². The minimum Gasteiger partial charge on any atom is -0.235 e. The van der Waals surface area contributed by atoms with Crippen molar-refractivity contribution in [1.29, 1.82) is 5.26 Å². The van der Waals surface area contributed by atoms with E-state index in [-0.39, 0.29) is 11.3 Å². The van der Waals surface area contributed by atoms with Gasteiger partial charge < -0.3 is 0 Å². The van der Waals surface area contributed by atoms with Gasteiger partial charge in [-0.2, -0.15) is 5.26 Å². The molecule has 1 rings (SSSR count). The van der Waals surface area contributed by atoms with Gasteiger partial charge in [-0.3, -0.25) is 0 Å². The maximum atomic E-state index is 12.6. The first-order chi connectivity index (χ1) is 7.27. The molecule has 0 aliphatic heterocycles. The van der Waals surface area contributed by atoms with Crippen LogP contribution in [0.5, 0.6) is 0 Å².